The molecule has 0 amide bonds. The molecular formula is C26H48O2. The summed E-state index contributed by atoms with van der Waals surface area (Å²) in [7, 11) is 0. The highest BCUT2D eigenvalue weighted by atomic mass is 16.5. The number of ether oxygens (including phenoxy) is 1. The lowest BCUT2D eigenvalue weighted by Gasteiger charge is -2.04. The maximum atomic E-state index is 10.6. The van der Waals surface area contributed by atoms with Gasteiger partial charge >= 0.3 is 5.97 Å². The van der Waals surface area contributed by atoms with E-state index in [1.165, 1.54) is 135 Å². The lowest BCUT2D eigenvalue weighted by Crippen LogP contribution is -1.89. The number of hydrogen-bond acceptors (Lipinski definition) is 2. The van der Waals surface area contributed by atoms with E-state index < -0.39 is 0 Å². The maximum Gasteiger partial charge on any atom is 0.307 e. The van der Waals surface area contributed by atoms with Gasteiger partial charge < -0.3 is 4.74 Å². The Hall–Kier alpha value is -1.05. The molecule has 0 aromatic rings. The zero-order valence-electron chi connectivity index (χ0n) is 18.9. The molecule has 2 nitrogen and oxygen atoms in total. The minimum atomic E-state index is -0.239. The molecule has 0 N–H and O–H groups in total. The minimum absolute atomic E-state index is 0.239. The minimum Gasteiger partial charge on any atom is -0.435 e. The average molecular weight is 393 g/mol. The first-order valence-electron chi connectivity index (χ1n) is 12.2. The number of unbranched alkanes of at least 4 members (excludes halogenated alkanes) is 19. The molecule has 0 aliphatic heterocycles. The van der Waals surface area contributed by atoms with Crippen LogP contribution < -0.4 is 0 Å². The van der Waals surface area contributed by atoms with Crippen molar-refractivity contribution < 1.29 is 9.53 Å². The molecule has 0 rings (SSSR count). The molecule has 0 aromatic heterocycles. The molecule has 0 spiro atoms. The molecule has 0 aliphatic rings. The van der Waals surface area contributed by atoms with Gasteiger partial charge in [0.2, 0.25) is 0 Å². The van der Waals surface area contributed by atoms with E-state index in [-0.39, 0.29) is 5.97 Å². The fraction of sp³-hybridized carbons (Fsp3) is 0.808. The summed E-state index contributed by atoms with van der Waals surface area (Å²) in [5, 5.41) is 0. The zero-order valence-corrected chi connectivity index (χ0v) is 18.9. The third-order valence-electron chi connectivity index (χ3n) is 5.36. The third-order valence-corrected chi connectivity index (χ3v) is 5.36. The normalized spacial score (nSPS) is 11.2. The molecule has 0 unspecified atom stereocenters. The van der Waals surface area contributed by atoms with Gasteiger partial charge in [-0.25, -0.2) is 0 Å². The van der Waals surface area contributed by atoms with Gasteiger partial charge in [-0.15, -0.1) is 6.58 Å². The average Bonchev–Trinajstić information content (AvgIpc) is 2.68. The highest BCUT2D eigenvalue weighted by molar-refractivity contribution is 5.66. The van der Waals surface area contributed by atoms with E-state index in [9.17, 15) is 4.79 Å². The Morgan fingerprint density at radius 2 is 0.929 bits per heavy atom. The second-order valence-corrected chi connectivity index (χ2v) is 8.21. The standard InChI is InChI=1S/C26H48O2/c1-3-4-5-6-7-8-9-10-11-12-13-14-15-16-17-18-19-20-21-22-23-24-25-28-26(2)27/h3,24-25H,1,4-23H2,2H3. The molecule has 2 heteroatoms. The van der Waals surface area contributed by atoms with Gasteiger partial charge in [0, 0.05) is 6.92 Å². The largest absolute Gasteiger partial charge is 0.435 e. The van der Waals surface area contributed by atoms with E-state index in [1.807, 2.05) is 12.2 Å². The van der Waals surface area contributed by atoms with Gasteiger partial charge in [-0.2, -0.15) is 0 Å². The zero-order chi connectivity index (χ0) is 20.5. The van der Waals surface area contributed by atoms with Gasteiger partial charge in [0.05, 0.1) is 6.26 Å². The van der Waals surface area contributed by atoms with Gasteiger partial charge in [0.25, 0.3) is 0 Å². The molecule has 0 aromatic carbocycles. The molecule has 28 heavy (non-hydrogen) atoms. The summed E-state index contributed by atoms with van der Waals surface area (Å²) in [5.41, 5.74) is 0. The van der Waals surface area contributed by atoms with Crippen LogP contribution in [0.2, 0.25) is 0 Å². The van der Waals surface area contributed by atoms with Crippen molar-refractivity contribution in [1.29, 1.82) is 0 Å². The van der Waals surface area contributed by atoms with Crippen molar-refractivity contribution in [2.45, 2.75) is 135 Å². The summed E-state index contributed by atoms with van der Waals surface area (Å²) in [5.74, 6) is -0.239. The highest BCUT2D eigenvalue weighted by Gasteiger charge is 1.95. The molecule has 0 fully saturated rings. The Morgan fingerprint density at radius 1 is 0.607 bits per heavy atom. The van der Waals surface area contributed by atoms with Crippen molar-refractivity contribution in [2.24, 2.45) is 0 Å². The monoisotopic (exact) mass is 392 g/mol. The first kappa shape index (κ1) is 27.0. The van der Waals surface area contributed by atoms with E-state index in [4.69, 9.17) is 4.74 Å². The maximum absolute atomic E-state index is 10.6. The van der Waals surface area contributed by atoms with Gasteiger partial charge in [-0.3, -0.25) is 4.79 Å². The van der Waals surface area contributed by atoms with Crippen LogP contribution in [0.25, 0.3) is 0 Å². The molecule has 0 saturated heterocycles. The van der Waals surface area contributed by atoms with Crippen LogP contribution in [0, 0.1) is 0 Å². The lowest BCUT2D eigenvalue weighted by molar-refractivity contribution is -0.135. The van der Waals surface area contributed by atoms with Crippen molar-refractivity contribution in [3.8, 4) is 0 Å². The Morgan fingerprint density at radius 3 is 1.25 bits per heavy atom. The smallest absolute Gasteiger partial charge is 0.307 e. The summed E-state index contributed by atoms with van der Waals surface area (Å²) in [6, 6.07) is 0. The summed E-state index contributed by atoms with van der Waals surface area (Å²) in [6.07, 6.45) is 32.8. The number of rotatable bonds is 22. The summed E-state index contributed by atoms with van der Waals surface area (Å²) < 4.78 is 4.76. The topological polar surface area (TPSA) is 26.3 Å². The van der Waals surface area contributed by atoms with E-state index in [0.29, 0.717) is 0 Å². The lowest BCUT2D eigenvalue weighted by atomic mass is 10.0. The van der Waals surface area contributed by atoms with E-state index in [2.05, 4.69) is 6.58 Å². The number of allylic oxidation sites excluding steroid dienone is 2. The Labute approximate surface area is 176 Å². The predicted octanol–water partition coefficient (Wildman–Crippen LogP) is 9.05. The first-order valence-corrected chi connectivity index (χ1v) is 12.2. The Bertz CT molecular complexity index is 359. The van der Waals surface area contributed by atoms with Crippen molar-refractivity contribution in [1.82, 2.24) is 0 Å². The number of esters is 1. The molecular weight excluding hydrogens is 344 g/mol. The van der Waals surface area contributed by atoms with Crippen LogP contribution in [0.1, 0.15) is 135 Å². The van der Waals surface area contributed by atoms with Gasteiger partial charge in [0.15, 0.2) is 0 Å². The van der Waals surface area contributed by atoms with Crippen molar-refractivity contribution in [3.05, 3.63) is 25.0 Å². The SMILES string of the molecule is C=CCCCCCCCCCCCCCCCCCCCCC=COC(C)=O. The van der Waals surface area contributed by atoms with Crippen LogP contribution in [0.4, 0.5) is 0 Å². The summed E-state index contributed by atoms with van der Waals surface area (Å²) in [6.45, 7) is 5.21. The summed E-state index contributed by atoms with van der Waals surface area (Å²) >= 11 is 0. The quantitative estimate of drug-likeness (QED) is 0.0794. The number of hydrogen-bond donors (Lipinski definition) is 0. The molecule has 0 radical (unpaired) electrons. The van der Waals surface area contributed by atoms with E-state index >= 15 is 0 Å². The molecule has 0 heterocycles. The van der Waals surface area contributed by atoms with Crippen LogP contribution in [0.5, 0.6) is 0 Å². The molecule has 0 bridgehead atoms. The number of carbonyl (C=O) groups is 1. The van der Waals surface area contributed by atoms with Gasteiger partial charge in [-0.1, -0.05) is 109 Å². The molecule has 164 valence electrons. The Balaban J connectivity index is 3.04. The molecule has 0 aliphatic carbocycles. The first-order chi connectivity index (χ1) is 13.8. The van der Waals surface area contributed by atoms with Crippen LogP contribution in [0.3, 0.4) is 0 Å². The van der Waals surface area contributed by atoms with Crippen LogP contribution in [0.15, 0.2) is 25.0 Å². The fourth-order valence-electron chi connectivity index (χ4n) is 3.59. The second kappa shape index (κ2) is 24.0. The highest BCUT2D eigenvalue weighted by Crippen LogP contribution is 2.14. The van der Waals surface area contributed by atoms with Crippen LogP contribution in [-0.2, 0) is 9.53 Å². The van der Waals surface area contributed by atoms with E-state index in [0.717, 1.165) is 6.42 Å². The summed E-state index contributed by atoms with van der Waals surface area (Å²) in [4.78, 5) is 10.6. The van der Waals surface area contributed by atoms with Gasteiger partial charge in [-0.05, 0) is 31.8 Å². The van der Waals surface area contributed by atoms with Gasteiger partial charge in [0.1, 0.15) is 0 Å². The molecule has 0 atom stereocenters. The van der Waals surface area contributed by atoms with Crippen LogP contribution in [-0.4, -0.2) is 5.97 Å². The van der Waals surface area contributed by atoms with Crippen molar-refractivity contribution in [2.75, 3.05) is 0 Å². The van der Waals surface area contributed by atoms with Crippen molar-refractivity contribution >= 4 is 5.97 Å². The van der Waals surface area contributed by atoms with Crippen molar-refractivity contribution in [3.63, 3.8) is 0 Å². The second-order valence-electron chi connectivity index (χ2n) is 8.21. The number of carbonyl (C=O) groups excluding carboxylic acids is 1. The van der Waals surface area contributed by atoms with E-state index in [1.54, 1.807) is 0 Å². The molecule has 0 saturated carbocycles. The third kappa shape index (κ3) is 24.9. The fourth-order valence-corrected chi connectivity index (χ4v) is 3.59. The predicted molar refractivity (Wildman–Crippen MR) is 123 cm³/mol. The Kier molecular flexibility index (Phi) is 23.1. The van der Waals surface area contributed by atoms with Crippen LogP contribution >= 0.6 is 0 Å².